The van der Waals surface area contributed by atoms with Crippen LogP contribution in [-0.2, 0) is 14.3 Å². The van der Waals surface area contributed by atoms with E-state index in [-0.39, 0.29) is 13.3 Å². The van der Waals surface area contributed by atoms with Gasteiger partial charge in [-0.25, -0.2) is 0 Å². The summed E-state index contributed by atoms with van der Waals surface area (Å²) in [5.41, 5.74) is 6.54. The number of carbonyl (C=O) groups excluding carboxylic acids is 2. The van der Waals surface area contributed by atoms with Gasteiger partial charge in [-0.2, -0.15) is 0 Å². The number of nitrogens with one attached hydrogen (secondary N) is 2. The molecule has 70 valence electrons. The molecule has 0 radical (unpaired) electrons. The molecule has 0 atom stereocenters. The minimum absolute atomic E-state index is 0. The minimum Gasteiger partial charge on any atom is -0.670 e. The van der Waals surface area contributed by atoms with Crippen LogP contribution in [0.4, 0.5) is 0 Å². The van der Waals surface area contributed by atoms with Crippen LogP contribution in [0.3, 0.4) is 0 Å². The van der Waals surface area contributed by atoms with Crippen LogP contribution in [0.15, 0.2) is 0 Å². The summed E-state index contributed by atoms with van der Waals surface area (Å²) in [6, 6.07) is 0. The van der Waals surface area contributed by atoms with Crippen molar-refractivity contribution in [3.8, 4) is 0 Å². The van der Waals surface area contributed by atoms with Gasteiger partial charge in [0.05, 0.1) is 0 Å². The molecule has 0 fully saturated rings. The molecule has 11 heavy (non-hydrogen) atoms. The summed E-state index contributed by atoms with van der Waals surface area (Å²) < 4.78 is 4.36. The largest absolute Gasteiger partial charge is 0.670 e. The molecule has 0 saturated carbocycles. The van der Waals surface area contributed by atoms with Crippen LogP contribution in [0, 0.1) is 0 Å². The average Bonchev–Trinajstić information content (AvgIpc) is 1.87. The van der Waals surface area contributed by atoms with Crippen molar-refractivity contribution in [1.29, 1.82) is 0 Å². The van der Waals surface area contributed by atoms with Crippen LogP contribution in [0.1, 0.15) is 6.92 Å². The maximum Gasteiger partial charge on any atom is 0.304 e. The van der Waals surface area contributed by atoms with Crippen molar-refractivity contribution in [2.45, 2.75) is 6.92 Å². The van der Waals surface area contributed by atoms with E-state index in [2.05, 4.69) is 10.1 Å². The van der Waals surface area contributed by atoms with Gasteiger partial charge in [0.1, 0.15) is 0 Å². The Morgan fingerprint density at radius 2 is 2.09 bits per heavy atom. The number of carbonyl (C=O) groups is 2. The van der Waals surface area contributed by atoms with E-state index in [9.17, 15) is 9.59 Å². The fraction of sp³-hybridized carbons (Fsp3) is 0.600. The van der Waals surface area contributed by atoms with Crippen molar-refractivity contribution >= 4 is 11.9 Å². The second-order valence-electron chi connectivity index (χ2n) is 1.56. The molecule has 0 aliphatic carbocycles. The van der Waals surface area contributed by atoms with E-state index in [0.29, 0.717) is 0 Å². The van der Waals surface area contributed by atoms with E-state index in [1.54, 1.807) is 0 Å². The first-order chi connectivity index (χ1) is 4.66. The standard InChI is InChI=1S/C5H9N2O3.Fm/c1-4(8)10-3-7-5(9)2-6;/h6H,2-3H2,1H3,(H,7,9);/q-1;. The predicted octanol–water partition coefficient (Wildman–Crippen LogP) is -0.325. The van der Waals surface area contributed by atoms with Gasteiger partial charge < -0.3 is 15.8 Å². The van der Waals surface area contributed by atoms with Crippen LogP contribution in [0.2, 0.25) is 0 Å². The second kappa shape index (κ2) is 6.03. The van der Waals surface area contributed by atoms with Crippen molar-refractivity contribution in [2.24, 2.45) is 0 Å². The summed E-state index contributed by atoms with van der Waals surface area (Å²) in [4.78, 5) is 20.4. The number of rotatable bonds is 3. The van der Waals surface area contributed by atoms with Crippen molar-refractivity contribution in [2.75, 3.05) is 13.3 Å². The van der Waals surface area contributed by atoms with Gasteiger partial charge in [0, 0.05) is 6.92 Å². The van der Waals surface area contributed by atoms with Gasteiger partial charge in [-0.15, -0.1) is 0 Å². The maximum absolute atomic E-state index is 10.3. The number of amides is 1. The monoisotopic (exact) mass is 402 g/mol. The summed E-state index contributed by atoms with van der Waals surface area (Å²) in [5.74, 6) is -0.911. The number of hydrogen-bond acceptors (Lipinski definition) is 3. The molecule has 0 spiro atoms. The fourth-order valence-electron chi connectivity index (χ4n) is 0.281. The van der Waals surface area contributed by atoms with Crippen LogP contribution in [-0.4, -0.2) is 25.2 Å². The zero-order chi connectivity index (χ0) is 7.98. The smallest absolute Gasteiger partial charge is 0.304 e. The Hall–Kier alpha value is -2.10. The molecule has 0 heterocycles. The third-order valence-corrected chi connectivity index (χ3v) is 0.705. The molecule has 0 rings (SSSR count). The van der Waals surface area contributed by atoms with Crippen molar-refractivity contribution in [3.05, 3.63) is 5.73 Å². The van der Waals surface area contributed by atoms with Crippen LogP contribution < -0.4 is 5.32 Å². The molecule has 0 saturated heterocycles. The molecule has 2 N–H and O–H groups in total. The zero-order valence-corrected chi connectivity index (χ0v) is 8.33. The first kappa shape index (κ1) is 11.7. The molecule has 5 nitrogen and oxygen atoms in total. The van der Waals surface area contributed by atoms with Crippen molar-refractivity contribution < 1.29 is 14.3 Å². The zero-order valence-electron chi connectivity index (χ0n) is 5.93. The van der Waals surface area contributed by atoms with Gasteiger partial charge in [-0.05, 0) is 0 Å². The van der Waals surface area contributed by atoms with E-state index in [4.69, 9.17) is 5.73 Å². The first-order valence-corrected chi connectivity index (χ1v) is 2.71. The summed E-state index contributed by atoms with van der Waals surface area (Å²) in [7, 11) is 0. The SMILES string of the molecule is CC(=O)OCNC(=O)C[NH-].[Fm]. The van der Waals surface area contributed by atoms with Crippen molar-refractivity contribution in [3.63, 3.8) is 0 Å². The van der Waals surface area contributed by atoms with Gasteiger partial charge in [0.2, 0.25) is 5.91 Å². The van der Waals surface area contributed by atoms with Gasteiger partial charge in [-0.1, -0.05) is 6.54 Å². The number of ether oxygens (including phenoxy) is 1. The Balaban J connectivity index is 0. The third kappa shape index (κ3) is 7.90. The Morgan fingerprint density at radius 1 is 1.55 bits per heavy atom. The Morgan fingerprint density at radius 3 is 2.45 bits per heavy atom. The molecule has 0 bridgehead atoms. The summed E-state index contributed by atoms with van der Waals surface area (Å²) >= 11 is 0. The van der Waals surface area contributed by atoms with Gasteiger partial charge in [0.25, 0.3) is 0 Å². The molecule has 6 heteroatoms. The molecule has 0 aliphatic rings. The predicted molar refractivity (Wildman–Crippen MR) is 34.0 cm³/mol. The van der Waals surface area contributed by atoms with E-state index >= 15 is 0 Å². The number of hydrogen-bond donors (Lipinski definition) is 1. The molecule has 0 aromatic carbocycles. The molecule has 0 aromatic heterocycles. The molecular formula is C5H9FmN2O3-. The van der Waals surface area contributed by atoms with Crippen LogP contribution in [0.25, 0.3) is 5.73 Å². The minimum atomic E-state index is -0.457. The van der Waals surface area contributed by atoms with Crippen molar-refractivity contribution in [1.82, 2.24) is 5.32 Å². The molecule has 0 aliphatic heterocycles. The van der Waals surface area contributed by atoms with Gasteiger partial charge >= 0.3 is 5.97 Å². The van der Waals surface area contributed by atoms with Crippen LogP contribution in [0.5, 0.6) is 0 Å². The fourth-order valence-corrected chi connectivity index (χ4v) is 0.281. The normalized spacial score (nSPS) is 7.82. The molecule has 1 amide bonds. The van der Waals surface area contributed by atoms with Gasteiger partial charge in [-0.3, -0.25) is 9.59 Å². The molecule has 0 aromatic rings. The topological polar surface area (TPSA) is 79.2 Å². The molecular weight excluding hydrogens is 393 g/mol. The number of esters is 1. The molecule has 0 unspecified atom stereocenters. The Labute approximate surface area is 58.5 Å². The van der Waals surface area contributed by atoms with Crippen LogP contribution >= 0.6 is 0 Å². The average molecular weight is 402 g/mol. The Bertz CT molecular complexity index is 140. The maximum atomic E-state index is 10.3. The Kier molecular flexibility index (Phi) is 6.39. The summed E-state index contributed by atoms with van der Waals surface area (Å²) in [6.07, 6.45) is 0. The van der Waals surface area contributed by atoms with Gasteiger partial charge in [0.15, 0.2) is 6.73 Å². The summed E-state index contributed by atoms with van der Waals surface area (Å²) in [5, 5.41) is 2.19. The quantitative estimate of drug-likeness (QED) is 0.519. The van der Waals surface area contributed by atoms with E-state index < -0.39 is 11.9 Å². The van der Waals surface area contributed by atoms with E-state index in [1.165, 1.54) is 6.92 Å². The second-order valence-corrected chi connectivity index (χ2v) is 1.56. The summed E-state index contributed by atoms with van der Waals surface area (Å²) in [6.45, 7) is 0.751. The van der Waals surface area contributed by atoms with E-state index in [0.717, 1.165) is 0 Å². The van der Waals surface area contributed by atoms with E-state index in [1.807, 2.05) is 0 Å². The first-order valence-electron chi connectivity index (χ1n) is 2.71. The third-order valence-electron chi connectivity index (χ3n) is 0.705.